The van der Waals surface area contributed by atoms with Crippen LogP contribution >= 0.6 is 11.3 Å². The number of benzene rings is 2. The Hall–Kier alpha value is -4.10. The molecular formula is C34H35N3O3S. The van der Waals surface area contributed by atoms with Crippen molar-refractivity contribution in [3.63, 3.8) is 0 Å². The molecule has 0 spiro atoms. The number of aromatic nitrogens is 2. The normalized spacial score (nSPS) is 16.8. The second-order valence-electron chi connectivity index (χ2n) is 10.4. The van der Waals surface area contributed by atoms with Gasteiger partial charge in [-0.1, -0.05) is 50.3 Å². The zero-order valence-electron chi connectivity index (χ0n) is 23.4. The Balaban J connectivity index is 1.23. The summed E-state index contributed by atoms with van der Waals surface area (Å²) in [4.78, 5) is 26.3. The van der Waals surface area contributed by atoms with Crippen molar-refractivity contribution in [1.29, 1.82) is 0 Å². The van der Waals surface area contributed by atoms with Crippen LogP contribution < -0.4 is 4.74 Å². The summed E-state index contributed by atoms with van der Waals surface area (Å²) in [5.41, 5.74) is 4.23. The molecule has 0 saturated heterocycles. The molecule has 0 saturated carbocycles. The van der Waals surface area contributed by atoms with Gasteiger partial charge in [-0.15, -0.1) is 11.3 Å². The summed E-state index contributed by atoms with van der Waals surface area (Å²) in [5.74, 6) is -0.257. The molecule has 0 aliphatic carbocycles. The molecule has 1 aliphatic rings. The molecule has 2 atom stereocenters. The average Bonchev–Trinajstić information content (AvgIpc) is 3.67. The van der Waals surface area contributed by atoms with E-state index in [0.717, 1.165) is 46.1 Å². The average molecular weight is 566 g/mol. The maximum absolute atomic E-state index is 12.5. The van der Waals surface area contributed by atoms with E-state index in [-0.39, 0.29) is 6.42 Å². The summed E-state index contributed by atoms with van der Waals surface area (Å²) in [5, 5.41) is 13.0. The van der Waals surface area contributed by atoms with Gasteiger partial charge in [-0.25, -0.2) is 4.98 Å². The number of hydrogen-bond acceptors (Lipinski definition) is 6. The summed E-state index contributed by atoms with van der Waals surface area (Å²) >= 11 is 1.47. The number of thiazole rings is 1. The standard InChI is InChI=1S/C34H35N3O3S/c1-3-25(4-2)26-11-9-24(10-12-26)22-40-29-15-13-27(14-16-29)31-23-41-32(37-31)20-30(33(38)39)34(17-7-19-36-34)21-28-8-5-6-18-35-28/h5-19,23,25,30H,3-4,20-22H2,1-2H3,(H,38,39). The number of aliphatic imine (C=N–C) groups is 1. The molecule has 41 heavy (non-hydrogen) atoms. The molecule has 5 rings (SSSR count). The molecule has 0 amide bonds. The van der Waals surface area contributed by atoms with Gasteiger partial charge in [-0.05, 0) is 72.4 Å². The molecule has 1 aliphatic heterocycles. The topological polar surface area (TPSA) is 84.7 Å². The van der Waals surface area contributed by atoms with Crippen molar-refractivity contribution < 1.29 is 14.6 Å². The number of nitrogens with zero attached hydrogens (tertiary/aromatic N) is 3. The van der Waals surface area contributed by atoms with Crippen LogP contribution in [0.15, 0.2) is 95.5 Å². The largest absolute Gasteiger partial charge is 0.489 e. The molecule has 0 fully saturated rings. The van der Waals surface area contributed by atoms with Gasteiger partial charge >= 0.3 is 5.97 Å². The zero-order chi connectivity index (χ0) is 28.7. The van der Waals surface area contributed by atoms with E-state index in [0.29, 0.717) is 18.9 Å². The predicted molar refractivity (Wildman–Crippen MR) is 165 cm³/mol. The van der Waals surface area contributed by atoms with Gasteiger partial charge in [-0.3, -0.25) is 14.8 Å². The van der Waals surface area contributed by atoms with E-state index in [1.807, 2.05) is 60.0 Å². The second-order valence-corrected chi connectivity index (χ2v) is 11.4. The highest BCUT2D eigenvalue weighted by Gasteiger charge is 2.43. The van der Waals surface area contributed by atoms with Crippen molar-refractivity contribution >= 4 is 23.5 Å². The summed E-state index contributed by atoms with van der Waals surface area (Å²) in [7, 11) is 0. The number of aliphatic carboxylic acids is 1. The van der Waals surface area contributed by atoms with Gasteiger partial charge in [0.1, 0.15) is 12.4 Å². The molecule has 210 valence electrons. The molecule has 1 N–H and O–H groups in total. The van der Waals surface area contributed by atoms with Gasteiger partial charge in [0.25, 0.3) is 0 Å². The van der Waals surface area contributed by atoms with E-state index in [2.05, 4.69) is 48.1 Å². The van der Waals surface area contributed by atoms with Crippen molar-refractivity contribution in [2.45, 2.75) is 57.6 Å². The van der Waals surface area contributed by atoms with E-state index in [1.165, 1.54) is 16.9 Å². The third-order valence-corrected chi connectivity index (χ3v) is 8.67. The van der Waals surface area contributed by atoms with Gasteiger partial charge in [0.2, 0.25) is 0 Å². The molecule has 6 nitrogen and oxygen atoms in total. The van der Waals surface area contributed by atoms with Crippen molar-refractivity contribution in [2.24, 2.45) is 10.9 Å². The van der Waals surface area contributed by atoms with Gasteiger partial charge < -0.3 is 9.84 Å². The molecule has 2 aromatic heterocycles. The predicted octanol–water partition coefficient (Wildman–Crippen LogP) is 7.55. The maximum atomic E-state index is 12.5. The van der Waals surface area contributed by atoms with Crippen LogP contribution in [0.25, 0.3) is 11.3 Å². The van der Waals surface area contributed by atoms with Gasteiger partial charge in [-0.2, -0.15) is 0 Å². The fraction of sp³-hybridized carbons (Fsp3) is 0.294. The number of carboxylic acid groups (broad SMARTS) is 1. The van der Waals surface area contributed by atoms with Crippen LogP contribution in [0.1, 0.15) is 54.4 Å². The lowest BCUT2D eigenvalue weighted by Crippen LogP contribution is -2.41. The quantitative estimate of drug-likeness (QED) is 0.181. The minimum Gasteiger partial charge on any atom is -0.489 e. The first kappa shape index (κ1) is 28.4. The lowest BCUT2D eigenvalue weighted by Gasteiger charge is -2.30. The van der Waals surface area contributed by atoms with E-state index in [1.54, 1.807) is 12.4 Å². The van der Waals surface area contributed by atoms with Crippen LogP contribution in [0.3, 0.4) is 0 Å². The SMILES string of the molecule is CCC(CC)c1ccc(COc2ccc(-c3csc(CC(C(=O)O)C4(Cc5ccccn5)C=CC=N4)n3)cc2)cc1. The van der Waals surface area contributed by atoms with E-state index in [9.17, 15) is 9.90 Å². The summed E-state index contributed by atoms with van der Waals surface area (Å²) in [6, 6.07) is 22.3. The molecule has 2 unspecified atom stereocenters. The molecule has 4 aromatic rings. The van der Waals surface area contributed by atoms with Crippen LogP contribution in [0.5, 0.6) is 5.75 Å². The van der Waals surface area contributed by atoms with Crippen molar-refractivity contribution in [3.05, 3.63) is 112 Å². The number of allylic oxidation sites excluding steroid dienone is 1. The number of carbonyl (C=O) groups is 1. The Bertz CT molecular complexity index is 1480. The van der Waals surface area contributed by atoms with E-state index < -0.39 is 17.4 Å². The highest BCUT2D eigenvalue weighted by atomic mass is 32.1. The smallest absolute Gasteiger partial charge is 0.309 e. The first-order valence-corrected chi connectivity index (χ1v) is 15.0. The Morgan fingerprint density at radius 1 is 1.02 bits per heavy atom. The molecule has 2 aromatic carbocycles. The van der Waals surface area contributed by atoms with Crippen molar-refractivity contribution in [1.82, 2.24) is 9.97 Å². The van der Waals surface area contributed by atoms with E-state index >= 15 is 0 Å². The van der Waals surface area contributed by atoms with Crippen LogP contribution in [0.2, 0.25) is 0 Å². The van der Waals surface area contributed by atoms with Gasteiger partial charge in [0.15, 0.2) is 0 Å². The van der Waals surface area contributed by atoms with Gasteiger partial charge in [0.05, 0.1) is 22.2 Å². The lowest BCUT2D eigenvalue weighted by molar-refractivity contribution is -0.143. The molecule has 7 heteroatoms. The number of ether oxygens (including phenoxy) is 1. The van der Waals surface area contributed by atoms with Crippen molar-refractivity contribution in [3.8, 4) is 17.0 Å². The number of hydrogen-bond donors (Lipinski definition) is 1. The monoisotopic (exact) mass is 565 g/mol. The Morgan fingerprint density at radius 3 is 2.44 bits per heavy atom. The molecule has 0 bridgehead atoms. The Labute approximate surface area is 245 Å². The molecular weight excluding hydrogens is 530 g/mol. The summed E-state index contributed by atoms with van der Waals surface area (Å²) in [6.07, 6.45) is 10.1. The lowest BCUT2D eigenvalue weighted by atomic mass is 9.79. The number of carboxylic acids is 1. The van der Waals surface area contributed by atoms with Crippen LogP contribution in [0.4, 0.5) is 0 Å². The Kier molecular flexibility index (Phi) is 9.04. The van der Waals surface area contributed by atoms with Crippen LogP contribution in [-0.4, -0.2) is 32.8 Å². The zero-order valence-corrected chi connectivity index (χ0v) is 24.3. The second kappa shape index (κ2) is 13.0. The number of pyridine rings is 1. The van der Waals surface area contributed by atoms with Crippen LogP contribution in [-0.2, 0) is 24.2 Å². The Morgan fingerprint density at radius 2 is 1.80 bits per heavy atom. The maximum Gasteiger partial charge on any atom is 0.309 e. The number of rotatable bonds is 13. The third kappa shape index (κ3) is 6.80. The summed E-state index contributed by atoms with van der Waals surface area (Å²) < 4.78 is 6.03. The minimum atomic E-state index is -0.895. The highest BCUT2D eigenvalue weighted by Crippen LogP contribution is 2.35. The van der Waals surface area contributed by atoms with Crippen LogP contribution in [0, 0.1) is 5.92 Å². The first-order chi connectivity index (χ1) is 20.0. The molecule has 0 radical (unpaired) electrons. The minimum absolute atomic E-state index is 0.283. The fourth-order valence-corrected chi connectivity index (χ4v) is 6.24. The third-order valence-electron chi connectivity index (χ3n) is 7.80. The summed E-state index contributed by atoms with van der Waals surface area (Å²) in [6.45, 7) is 4.98. The van der Waals surface area contributed by atoms with Crippen molar-refractivity contribution in [2.75, 3.05) is 0 Å². The highest BCUT2D eigenvalue weighted by molar-refractivity contribution is 7.10. The van der Waals surface area contributed by atoms with E-state index in [4.69, 9.17) is 9.72 Å². The molecule has 3 heterocycles. The van der Waals surface area contributed by atoms with Gasteiger partial charge in [0, 0.05) is 41.9 Å². The first-order valence-electron chi connectivity index (χ1n) is 14.1. The fourth-order valence-electron chi connectivity index (χ4n) is 5.39.